The molecule has 1 saturated heterocycles. The normalized spacial score (nSPS) is 13.8. The smallest absolute Gasteiger partial charge is 0.262 e. The number of imidazole rings is 1. The molecular formula is C28H26ClF2N5O. The first kappa shape index (κ1) is 26.3. The molecule has 0 bridgehead atoms. The number of hydrogen-bond acceptors (Lipinski definition) is 4. The minimum absolute atomic E-state index is 0. The molecule has 0 amide bonds. The summed E-state index contributed by atoms with van der Waals surface area (Å²) in [5.41, 5.74) is 6.02. The number of nitrogens with zero attached hydrogens (tertiary/aromatic N) is 4. The third-order valence-corrected chi connectivity index (χ3v) is 6.87. The Balaban J connectivity index is 0.00000320. The fourth-order valence-corrected chi connectivity index (χ4v) is 4.93. The van der Waals surface area contributed by atoms with Crippen molar-refractivity contribution >= 4 is 23.6 Å². The lowest BCUT2D eigenvalue weighted by Gasteiger charge is -2.30. The zero-order valence-corrected chi connectivity index (χ0v) is 21.1. The summed E-state index contributed by atoms with van der Waals surface area (Å²) in [7, 11) is 0. The number of piperidine rings is 1. The van der Waals surface area contributed by atoms with Gasteiger partial charge in [-0.2, -0.15) is 5.26 Å². The van der Waals surface area contributed by atoms with Crippen molar-refractivity contribution in [1.29, 1.82) is 5.26 Å². The van der Waals surface area contributed by atoms with Crippen LogP contribution in [0.15, 0.2) is 65.2 Å². The van der Waals surface area contributed by atoms with Gasteiger partial charge in [-0.05, 0) is 67.2 Å². The third kappa shape index (κ3) is 5.33. The second-order valence-electron chi connectivity index (χ2n) is 9.04. The Morgan fingerprint density at radius 3 is 2.14 bits per heavy atom. The van der Waals surface area contributed by atoms with Gasteiger partial charge < -0.3 is 9.88 Å². The summed E-state index contributed by atoms with van der Waals surface area (Å²) in [5.74, 6) is -0.583. The van der Waals surface area contributed by atoms with E-state index in [1.807, 2.05) is 13.0 Å². The Hall–Kier alpha value is -3.80. The number of nitrogens with one attached hydrogen (secondary N) is 1. The van der Waals surface area contributed by atoms with Gasteiger partial charge in [-0.1, -0.05) is 29.8 Å². The van der Waals surface area contributed by atoms with E-state index in [4.69, 9.17) is 0 Å². The topological polar surface area (TPSA) is 77.2 Å². The highest BCUT2D eigenvalue weighted by Crippen LogP contribution is 2.32. The summed E-state index contributed by atoms with van der Waals surface area (Å²) in [5, 5.41) is 9.19. The molecule has 5 rings (SSSR count). The molecule has 1 N–H and O–H groups in total. The van der Waals surface area contributed by atoms with E-state index in [0.29, 0.717) is 17.6 Å². The number of halogens is 3. The van der Waals surface area contributed by atoms with Crippen molar-refractivity contribution in [1.82, 2.24) is 19.3 Å². The van der Waals surface area contributed by atoms with E-state index in [-0.39, 0.29) is 35.3 Å². The molecule has 0 saturated carbocycles. The molecule has 0 atom stereocenters. The van der Waals surface area contributed by atoms with E-state index in [1.54, 1.807) is 24.3 Å². The van der Waals surface area contributed by atoms with E-state index >= 15 is 0 Å². The molecule has 3 heterocycles. The molecule has 37 heavy (non-hydrogen) atoms. The highest BCUT2D eigenvalue weighted by molar-refractivity contribution is 5.85. The van der Waals surface area contributed by atoms with Gasteiger partial charge >= 0.3 is 0 Å². The van der Waals surface area contributed by atoms with Gasteiger partial charge in [0.25, 0.3) is 5.56 Å². The fraction of sp³-hybridized carbons (Fsp3) is 0.250. The van der Waals surface area contributed by atoms with E-state index in [1.165, 1.54) is 40.6 Å². The van der Waals surface area contributed by atoms with Crippen LogP contribution in [0.4, 0.5) is 8.78 Å². The minimum atomic E-state index is -0.292. The maximum Gasteiger partial charge on any atom is 0.262 e. The lowest BCUT2D eigenvalue weighted by molar-refractivity contribution is 0.259. The highest BCUT2D eigenvalue weighted by atomic mass is 35.5. The van der Waals surface area contributed by atoms with Gasteiger partial charge in [0.2, 0.25) is 0 Å². The van der Waals surface area contributed by atoms with Crippen molar-refractivity contribution in [3.05, 3.63) is 110 Å². The molecule has 2 aromatic carbocycles. The number of aromatic nitrogens is 3. The maximum atomic E-state index is 13.6. The van der Waals surface area contributed by atoms with Crippen LogP contribution in [0, 0.1) is 29.9 Å². The summed E-state index contributed by atoms with van der Waals surface area (Å²) in [6.07, 6.45) is 3.62. The third-order valence-electron chi connectivity index (χ3n) is 6.87. The van der Waals surface area contributed by atoms with Crippen LogP contribution in [0.3, 0.4) is 0 Å². The predicted molar refractivity (Wildman–Crippen MR) is 141 cm³/mol. The quantitative estimate of drug-likeness (QED) is 0.399. The largest absolute Gasteiger partial charge is 0.342 e. The highest BCUT2D eigenvalue weighted by Gasteiger charge is 2.20. The average molecular weight is 522 g/mol. The van der Waals surface area contributed by atoms with Crippen LogP contribution < -0.4 is 5.56 Å². The number of hydrogen-bond donors (Lipinski definition) is 1. The number of aromatic amines is 1. The number of fused-ring (bicyclic) bond motifs is 1. The van der Waals surface area contributed by atoms with Crippen molar-refractivity contribution in [2.75, 3.05) is 19.6 Å². The van der Waals surface area contributed by atoms with Gasteiger partial charge in [-0.15, -0.1) is 12.4 Å². The molecule has 0 unspecified atom stereocenters. The number of likely N-dealkylation sites (tertiary alicyclic amines) is 1. The van der Waals surface area contributed by atoms with E-state index in [2.05, 4.69) is 14.9 Å². The van der Waals surface area contributed by atoms with Gasteiger partial charge in [-0.25, -0.2) is 18.2 Å². The van der Waals surface area contributed by atoms with E-state index < -0.39 is 0 Å². The Labute approximate surface area is 219 Å². The zero-order valence-electron chi connectivity index (χ0n) is 20.3. The number of rotatable bonds is 5. The summed E-state index contributed by atoms with van der Waals surface area (Å²) < 4.78 is 28.5. The number of H-pyrrole nitrogens is 1. The fourth-order valence-electron chi connectivity index (χ4n) is 4.93. The number of aryl methyl sites for hydroxylation is 1. The van der Waals surface area contributed by atoms with Gasteiger partial charge in [0.1, 0.15) is 24.0 Å². The van der Waals surface area contributed by atoms with E-state index in [9.17, 15) is 18.8 Å². The van der Waals surface area contributed by atoms with Gasteiger partial charge in [0, 0.05) is 30.9 Å². The van der Waals surface area contributed by atoms with Crippen LogP contribution in [0.2, 0.25) is 0 Å². The lowest BCUT2D eigenvalue weighted by Crippen LogP contribution is -2.34. The van der Waals surface area contributed by atoms with Crippen molar-refractivity contribution in [3.63, 3.8) is 0 Å². The predicted octanol–water partition coefficient (Wildman–Crippen LogP) is 5.04. The Bertz CT molecular complexity index is 1490. The summed E-state index contributed by atoms with van der Waals surface area (Å²) in [6.45, 7) is 4.22. The molecule has 4 aromatic rings. The van der Waals surface area contributed by atoms with E-state index in [0.717, 1.165) is 54.9 Å². The van der Waals surface area contributed by atoms with Gasteiger partial charge in [0.15, 0.2) is 11.3 Å². The molecule has 190 valence electrons. The first-order valence-electron chi connectivity index (χ1n) is 11.9. The lowest BCUT2D eigenvalue weighted by atomic mass is 9.88. The number of nitriles is 1. The monoisotopic (exact) mass is 521 g/mol. The van der Waals surface area contributed by atoms with Gasteiger partial charge in [-0.3, -0.25) is 4.79 Å². The van der Waals surface area contributed by atoms with Crippen LogP contribution in [0.1, 0.15) is 40.9 Å². The zero-order chi connectivity index (χ0) is 25.2. The van der Waals surface area contributed by atoms with Crippen molar-refractivity contribution < 1.29 is 8.78 Å². The van der Waals surface area contributed by atoms with Gasteiger partial charge in [0.05, 0.1) is 0 Å². The Kier molecular flexibility index (Phi) is 7.86. The standard InChI is InChI=1S/C28H25F2N5O.ClH/c1-18-24(28(36)35-17-32-25(16-31)27(35)33-18)12-15-34-13-10-21(11-14-34)26(19-2-6-22(29)7-3-19)20-4-8-23(30)9-5-20;/h2-9,17,33H,10-15H2,1H3;1H. The summed E-state index contributed by atoms with van der Waals surface area (Å²) in [4.78, 5) is 22.5. The summed E-state index contributed by atoms with van der Waals surface area (Å²) >= 11 is 0. The molecule has 1 fully saturated rings. The molecule has 6 nitrogen and oxygen atoms in total. The average Bonchev–Trinajstić information content (AvgIpc) is 3.30. The second kappa shape index (κ2) is 11.1. The van der Waals surface area contributed by atoms with Crippen molar-refractivity contribution in [2.45, 2.75) is 26.2 Å². The van der Waals surface area contributed by atoms with Crippen LogP contribution in [0.5, 0.6) is 0 Å². The van der Waals surface area contributed by atoms with Crippen LogP contribution >= 0.6 is 12.4 Å². The molecule has 0 radical (unpaired) electrons. The molecule has 9 heteroatoms. The first-order chi connectivity index (χ1) is 17.4. The maximum absolute atomic E-state index is 13.6. The minimum Gasteiger partial charge on any atom is -0.342 e. The number of benzene rings is 2. The molecular weight excluding hydrogens is 496 g/mol. The van der Waals surface area contributed by atoms with Crippen molar-refractivity contribution in [3.8, 4) is 6.07 Å². The molecule has 2 aromatic heterocycles. The van der Waals surface area contributed by atoms with Crippen molar-refractivity contribution in [2.24, 2.45) is 0 Å². The van der Waals surface area contributed by atoms with Crippen LogP contribution in [0.25, 0.3) is 11.2 Å². The molecule has 0 aliphatic carbocycles. The second-order valence-corrected chi connectivity index (χ2v) is 9.04. The SMILES string of the molecule is Cc1[nH]c2c(C#N)ncn2c(=O)c1CCN1CCC(=C(c2ccc(F)cc2)c2ccc(F)cc2)CC1.Cl. The van der Waals surface area contributed by atoms with Crippen LogP contribution in [-0.4, -0.2) is 38.9 Å². The van der Waals surface area contributed by atoms with Crippen LogP contribution in [-0.2, 0) is 6.42 Å². The molecule has 1 aliphatic rings. The Morgan fingerprint density at radius 2 is 1.59 bits per heavy atom. The first-order valence-corrected chi connectivity index (χ1v) is 11.9. The summed E-state index contributed by atoms with van der Waals surface area (Å²) in [6, 6.07) is 14.9. The molecule has 1 aliphatic heterocycles. The Morgan fingerprint density at radius 1 is 1.03 bits per heavy atom. The molecule has 0 spiro atoms.